The summed E-state index contributed by atoms with van der Waals surface area (Å²) in [4.78, 5) is 20.5. The molecule has 1 aliphatic heterocycles. The van der Waals surface area contributed by atoms with Crippen LogP contribution in [-0.4, -0.2) is 27.0 Å². The largest absolute Gasteiger partial charge is 0.419 e. The lowest BCUT2D eigenvalue weighted by Gasteiger charge is -2.21. The lowest BCUT2D eigenvalue weighted by atomic mass is 10.0. The second-order valence-electron chi connectivity index (χ2n) is 7.74. The van der Waals surface area contributed by atoms with Crippen LogP contribution in [0.3, 0.4) is 0 Å². The Labute approximate surface area is 185 Å². The number of pyridine rings is 1. The van der Waals surface area contributed by atoms with E-state index < -0.39 is 41.3 Å². The van der Waals surface area contributed by atoms with Crippen molar-refractivity contribution in [1.82, 2.24) is 19.9 Å². The molecule has 1 amide bonds. The smallest absolute Gasteiger partial charge is 0.324 e. The maximum absolute atomic E-state index is 14.6. The third-order valence-electron chi connectivity index (χ3n) is 5.36. The highest BCUT2D eigenvalue weighted by molar-refractivity contribution is 5.92. The average molecular weight is 465 g/mol. The number of nitrogens with one attached hydrogen (secondary N) is 2. The lowest BCUT2D eigenvalue weighted by Crippen LogP contribution is -2.26. The first-order valence-electron chi connectivity index (χ1n) is 10.3. The summed E-state index contributed by atoms with van der Waals surface area (Å²) in [6.07, 6.45) is 1.92. The van der Waals surface area contributed by atoms with Gasteiger partial charge in [-0.2, -0.15) is 13.2 Å². The molecule has 1 aromatic carbocycles. The Morgan fingerprint density at radius 1 is 1.21 bits per heavy atom. The van der Waals surface area contributed by atoms with Crippen molar-refractivity contribution in [3.05, 3.63) is 71.4 Å². The van der Waals surface area contributed by atoms with Crippen LogP contribution in [0.25, 0.3) is 5.82 Å². The number of nitrogens with zero attached hydrogens (tertiary/aromatic N) is 3. The number of benzene rings is 1. The van der Waals surface area contributed by atoms with Crippen molar-refractivity contribution in [1.29, 1.82) is 0 Å². The van der Waals surface area contributed by atoms with Crippen molar-refractivity contribution >= 4 is 11.6 Å². The summed E-state index contributed by atoms with van der Waals surface area (Å²) in [6.45, 7) is 0.892. The van der Waals surface area contributed by atoms with Crippen molar-refractivity contribution in [2.75, 3.05) is 11.9 Å². The highest BCUT2D eigenvalue weighted by Crippen LogP contribution is 2.32. The van der Waals surface area contributed by atoms with Gasteiger partial charge in [-0.25, -0.2) is 18.7 Å². The van der Waals surface area contributed by atoms with Crippen LogP contribution < -0.4 is 10.6 Å². The summed E-state index contributed by atoms with van der Waals surface area (Å²) in [6, 6.07) is 3.83. The number of hydrogen-bond acceptors (Lipinski definition) is 4. The van der Waals surface area contributed by atoms with Crippen LogP contribution in [0.1, 0.15) is 42.1 Å². The zero-order valence-corrected chi connectivity index (χ0v) is 17.3. The van der Waals surface area contributed by atoms with Crippen molar-refractivity contribution in [3.8, 4) is 5.82 Å². The van der Waals surface area contributed by atoms with Gasteiger partial charge in [-0.3, -0.25) is 9.36 Å². The second-order valence-corrected chi connectivity index (χ2v) is 7.74. The number of aromatic nitrogens is 3. The van der Waals surface area contributed by atoms with Crippen molar-refractivity contribution in [2.24, 2.45) is 0 Å². The van der Waals surface area contributed by atoms with E-state index >= 15 is 0 Å². The molecular weight excluding hydrogens is 445 g/mol. The Bertz CT molecular complexity index is 1150. The zero-order chi connectivity index (χ0) is 23.6. The molecule has 3 heterocycles. The van der Waals surface area contributed by atoms with Gasteiger partial charge in [-0.05, 0) is 31.0 Å². The zero-order valence-electron chi connectivity index (χ0n) is 17.3. The quantitative estimate of drug-likeness (QED) is 0.542. The molecule has 33 heavy (non-hydrogen) atoms. The number of hydrogen-bond donors (Lipinski definition) is 2. The Kier molecular flexibility index (Phi) is 6.41. The van der Waals surface area contributed by atoms with Crippen LogP contribution in [-0.2, 0) is 17.4 Å². The highest BCUT2D eigenvalue weighted by atomic mass is 19.4. The Hall–Kier alpha value is -3.34. The minimum absolute atomic E-state index is 0.0112. The van der Waals surface area contributed by atoms with Crippen LogP contribution in [0.15, 0.2) is 43.0 Å². The summed E-state index contributed by atoms with van der Waals surface area (Å²) in [5.74, 6) is -3.08. The number of imidazole rings is 1. The number of carbonyl (C=O) groups is 1. The van der Waals surface area contributed by atoms with E-state index in [0.29, 0.717) is 6.07 Å². The number of alkyl halides is 3. The Morgan fingerprint density at radius 2 is 2.03 bits per heavy atom. The fourth-order valence-electron chi connectivity index (χ4n) is 3.74. The molecule has 1 atom stereocenters. The molecule has 0 spiro atoms. The van der Waals surface area contributed by atoms with E-state index in [2.05, 4.69) is 20.6 Å². The highest BCUT2D eigenvalue weighted by Gasteiger charge is 2.35. The van der Waals surface area contributed by atoms with E-state index in [1.807, 2.05) is 0 Å². The van der Waals surface area contributed by atoms with E-state index in [4.69, 9.17) is 0 Å². The van der Waals surface area contributed by atoms with E-state index in [1.54, 1.807) is 6.20 Å². The number of rotatable bonds is 5. The summed E-state index contributed by atoms with van der Waals surface area (Å²) >= 11 is 0. The maximum Gasteiger partial charge on any atom is 0.419 e. The molecule has 174 valence electrons. The summed E-state index contributed by atoms with van der Waals surface area (Å²) < 4.78 is 68.7. The Balaban J connectivity index is 1.45. The van der Waals surface area contributed by atoms with Crippen LogP contribution >= 0.6 is 0 Å². The molecule has 2 N–H and O–H groups in total. The molecule has 2 aromatic heterocycles. The third kappa shape index (κ3) is 5.19. The average Bonchev–Trinajstić information content (AvgIpc) is 3.25. The number of anilines is 1. The number of piperidine rings is 1. The molecule has 0 bridgehead atoms. The van der Waals surface area contributed by atoms with Gasteiger partial charge in [0.05, 0.1) is 35.6 Å². The lowest BCUT2D eigenvalue weighted by molar-refractivity contribution is -0.140. The fraction of sp³-hybridized carbons (Fsp3) is 0.318. The molecule has 0 saturated carbocycles. The van der Waals surface area contributed by atoms with Gasteiger partial charge in [0.1, 0.15) is 12.1 Å². The molecule has 1 saturated heterocycles. The number of amides is 1. The number of halogens is 5. The predicted molar refractivity (Wildman–Crippen MR) is 110 cm³/mol. The van der Waals surface area contributed by atoms with Crippen molar-refractivity contribution in [3.63, 3.8) is 0 Å². The minimum Gasteiger partial charge on any atom is -0.324 e. The molecule has 1 fully saturated rings. The van der Waals surface area contributed by atoms with E-state index in [-0.39, 0.29) is 17.5 Å². The fourth-order valence-corrected chi connectivity index (χ4v) is 3.74. The molecule has 6 nitrogen and oxygen atoms in total. The van der Waals surface area contributed by atoms with Crippen LogP contribution in [0, 0.1) is 11.6 Å². The molecule has 4 rings (SSSR count). The molecule has 3 aromatic rings. The minimum atomic E-state index is -4.88. The van der Waals surface area contributed by atoms with E-state index in [0.717, 1.165) is 49.7 Å². The summed E-state index contributed by atoms with van der Waals surface area (Å²) in [7, 11) is 0. The maximum atomic E-state index is 14.6. The standard InChI is InChI=1S/C22H20F5N5O/c23-16-9-14(31-19(33)8-13-4-3-5-15(20(13)24)22(25,26)27)10-29-21(16)32-11-18(30-12-32)17-6-1-2-7-28-17/h3-5,9-12,17,28H,1-2,6-8H2,(H,31,33)/t17-/m0/s1. The van der Waals surface area contributed by atoms with E-state index in [1.165, 1.54) is 17.1 Å². The van der Waals surface area contributed by atoms with E-state index in [9.17, 15) is 26.7 Å². The molecule has 0 radical (unpaired) electrons. The van der Waals surface area contributed by atoms with Crippen LogP contribution in [0.2, 0.25) is 0 Å². The molecular formula is C22H20F5N5O. The topological polar surface area (TPSA) is 71.8 Å². The number of carbonyl (C=O) groups excluding carboxylic acids is 1. The second kappa shape index (κ2) is 9.26. The van der Waals surface area contributed by atoms with Gasteiger partial charge in [0, 0.05) is 12.3 Å². The van der Waals surface area contributed by atoms with Gasteiger partial charge in [-0.1, -0.05) is 18.6 Å². The monoisotopic (exact) mass is 465 g/mol. The van der Waals surface area contributed by atoms with Crippen LogP contribution in [0.4, 0.5) is 27.6 Å². The normalized spacial score (nSPS) is 16.6. The van der Waals surface area contributed by atoms with Gasteiger partial charge in [0.25, 0.3) is 0 Å². The molecule has 0 aliphatic carbocycles. The van der Waals surface area contributed by atoms with Crippen molar-refractivity contribution < 1.29 is 26.7 Å². The first-order valence-corrected chi connectivity index (χ1v) is 10.3. The van der Waals surface area contributed by atoms with Crippen LogP contribution in [0.5, 0.6) is 0 Å². The summed E-state index contributed by atoms with van der Waals surface area (Å²) in [5, 5.41) is 5.68. The molecule has 1 aliphatic rings. The van der Waals surface area contributed by atoms with Gasteiger partial charge in [0.2, 0.25) is 5.91 Å². The predicted octanol–water partition coefficient (Wildman–Crippen LogP) is 4.56. The SMILES string of the molecule is O=C(Cc1cccc(C(F)(F)F)c1F)Nc1cnc(-n2cnc([C@@H]3CCCCN3)c2)c(F)c1. The Morgan fingerprint density at radius 3 is 2.73 bits per heavy atom. The van der Waals surface area contributed by atoms with Crippen molar-refractivity contribution in [2.45, 2.75) is 37.9 Å². The molecule has 0 unspecified atom stereocenters. The first-order chi connectivity index (χ1) is 15.7. The van der Waals surface area contributed by atoms with Gasteiger partial charge in [-0.15, -0.1) is 0 Å². The van der Waals surface area contributed by atoms with Gasteiger partial charge in [0.15, 0.2) is 11.6 Å². The first kappa shape index (κ1) is 22.8. The summed E-state index contributed by atoms with van der Waals surface area (Å²) in [5.41, 5.74) is -1.11. The van der Waals surface area contributed by atoms with Gasteiger partial charge >= 0.3 is 6.18 Å². The van der Waals surface area contributed by atoms with Gasteiger partial charge < -0.3 is 10.6 Å². The molecule has 11 heteroatoms. The third-order valence-corrected chi connectivity index (χ3v) is 5.36.